The molecule has 0 radical (unpaired) electrons. The van der Waals surface area contributed by atoms with Crippen molar-refractivity contribution in [1.82, 2.24) is 0 Å². The quantitative estimate of drug-likeness (QED) is 0.0914. The summed E-state index contributed by atoms with van der Waals surface area (Å²) in [5.41, 5.74) is 5.90. The SMILES string of the molecule is O=C(c1ccccc1)c1ccc2c(c1)[NH][Sn]([c]1ccccc1)([c]1ccccc1)[NH]c1ccc(C(=O)c3ccccc3)cc1[NH][Sn]([c]1ccccc1)([c]1ccccc1)[NH]2. The topological polar surface area (TPSA) is 82.3 Å². The van der Waals surface area contributed by atoms with Crippen molar-refractivity contribution >= 4 is 86.5 Å². The Bertz CT molecular complexity index is 2430. The van der Waals surface area contributed by atoms with Gasteiger partial charge in [-0.1, -0.05) is 0 Å². The number of carbonyl (C=O) groups excluding carboxylic acids is 2. The molecule has 0 fully saturated rings. The van der Waals surface area contributed by atoms with Crippen LogP contribution in [-0.4, -0.2) is 49.4 Å². The molecular weight excluding hydrogens is 926 g/mol. The molecule has 8 aromatic carbocycles. The molecule has 0 saturated carbocycles. The fourth-order valence-electron chi connectivity index (χ4n) is 7.84. The van der Waals surface area contributed by atoms with Gasteiger partial charge in [-0.25, -0.2) is 0 Å². The molecule has 4 N–H and O–H groups in total. The van der Waals surface area contributed by atoms with Gasteiger partial charge in [-0.05, 0) is 0 Å². The fraction of sp³-hybridized carbons (Fsp3) is 0. The molecule has 8 heteroatoms. The Morgan fingerprint density at radius 3 is 0.828 bits per heavy atom. The zero-order chi connectivity index (χ0) is 39.4. The number of anilines is 4. The van der Waals surface area contributed by atoms with Gasteiger partial charge in [0.1, 0.15) is 0 Å². The second-order valence-electron chi connectivity index (χ2n) is 14.4. The van der Waals surface area contributed by atoms with Crippen molar-refractivity contribution in [3.63, 3.8) is 0 Å². The van der Waals surface area contributed by atoms with Crippen LogP contribution >= 0.6 is 0 Å². The van der Waals surface area contributed by atoms with Crippen molar-refractivity contribution in [3.05, 3.63) is 241 Å². The van der Waals surface area contributed by atoms with Gasteiger partial charge in [0, 0.05) is 0 Å². The van der Waals surface area contributed by atoms with Crippen LogP contribution in [0.5, 0.6) is 0 Å². The molecular formula is C50H40N4O2Sn2. The summed E-state index contributed by atoms with van der Waals surface area (Å²) in [7, 11) is 0. The molecule has 0 aromatic heterocycles. The van der Waals surface area contributed by atoms with Gasteiger partial charge in [0.2, 0.25) is 0 Å². The van der Waals surface area contributed by atoms with E-state index in [4.69, 9.17) is 0 Å². The molecule has 0 saturated heterocycles. The molecule has 0 spiro atoms. The number of fused-ring (bicyclic) bond motifs is 2. The Balaban J connectivity index is 1.34. The van der Waals surface area contributed by atoms with E-state index in [1.165, 1.54) is 0 Å². The van der Waals surface area contributed by atoms with Crippen LogP contribution in [0.2, 0.25) is 0 Å². The van der Waals surface area contributed by atoms with Gasteiger partial charge in [-0.3, -0.25) is 0 Å². The van der Waals surface area contributed by atoms with E-state index >= 15 is 0 Å². The molecule has 8 aromatic rings. The number of carbonyl (C=O) groups is 2. The zero-order valence-corrected chi connectivity index (χ0v) is 37.3. The summed E-state index contributed by atoms with van der Waals surface area (Å²) in [5.74, 6) is -0.0917. The van der Waals surface area contributed by atoms with Crippen LogP contribution in [0.4, 0.5) is 22.7 Å². The molecule has 0 bridgehead atoms. The van der Waals surface area contributed by atoms with E-state index in [-0.39, 0.29) is 11.6 Å². The molecule has 280 valence electrons. The molecule has 9 rings (SSSR count). The van der Waals surface area contributed by atoms with Crippen LogP contribution in [0.1, 0.15) is 31.8 Å². The standard InChI is InChI=1S/2C13H11N2O.4C6H5.2Sn/c2*14-11-7-6-10(8-12(11)15)13(16)9-4-2-1-3-5-9;4*1-2-4-6-5-3-1;;/h2*1-8,15H,(H2,14,16);4*1-5H;;/q2*-1;;;;;2*+2/p-2. The zero-order valence-electron chi connectivity index (χ0n) is 31.6. The Kier molecular flexibility index (Phi) is 10.6. The van der Waals surface area contributed by atoms with E-state index in [0.29, 0.717) is 22.3 Å². The average Bonchev–Trinajstić information content (AvgIpc) is 3.30. The molecule has 0 unspecified atom stereocenters. The van der Waals surface area contributed by atoms with Gasteiger partial charge in [0.05, 0.1) is 0 Å². The van der Waals surface area contributed by atoms with Crippen molar-refractivity contribution in [1.29, 1.82) is 0 Å². The molecule has 0 amide bonds. The summed E-state index contributed by atoms with van der Waals surface area (Å²) in [4.78, 5) is 28.3. The monoisotopic (exact) mass is 968 g/mol. The van der Waals surface area contributed by atoms with Crippen LogP contribution < -0.4 is 28.5 Å². The minimum absolute atomic E-state index is 0.0459. The van der Waals surface area contributed by atoms with Crippen LogP contribution in [0, 0.1) is 0 Å². The predicted molar refractivity (Wildman–Crippen MR) is 243 cm³/mol. The van der Waals surface area contributed by atoms with E-state index in [0.717, 1.165) is 37.1 Å². The normalized spacial score (nSPS) is 13.8. The summed E-state index contributed by atoms with van der Waals surface area (Å²) < 4.78 is 21.5. The first-order chi connectivity index (χ1) is 28.5. The maximum absolute atomic E-state index is 14.2. The summed E-state index contributed by atoms with van der Waals surface area (Å²) in [6.45, 7) is 0. The van der Waals surface area contributed by atoms with Crippen molar-refractivity contribution in [2.45, 2.75) is 0 Å². The van der Waals surface area contributed by atoms with E-state index in [1.54, 1.807) is 0 Å². The van der Waals surface area contributed by atoms with E-state index in [2.05, 4.69) is 123 Å². The Hall–Kier alpha value is -6.10. The van der Waals surface area contributed by atoms with Gasteiger partial charge in [0.15, 0.2) is 0 Å². The fourth-order valence-corrected chi connectivity index (χ4v) is 28.3. The van der Waals surface area contributed by atoms with E-state index in [9.17, 15) is 9.59 Å². The molecule has 58 heavy (non-hydrogen) atoms. The van der Waals surface area contributed by atoms with Gasteiger partial charge in [0.25, 0.3) is 0 Å². The molecule has 0 aliphatic carbocycles. The first-order valence-electron chi connectivity index (χ1n) is 19.3. The molecule has 1 aliphatic rings. The first-order valence-corrected chi connectivity index (χ1v) is 30.8. The number of hydrogen-bond acceptors (Lipinski definition) is 6. The number of rotatable bonds is 8. The summed E-state index contributed by atoms with van der Waals surface area (Å²) in [6.07, 6.45) is 0. The summed E-state index contributed by atoms with van der Waals surface area (Å²) >= 11 is -8.82. The van der Waals surface area contributed by atoms with Gasteiger partial charge < -0.3 is 0 Å². The number of ketones is 2. The maximum atomic E-state index is 14.2. The molecule has 0 atom stereocenters. The number of benzene rings is 8. The predicted octanol–water partition coefficient (Wildman–Crippen LogP) is 8.02. The molecule has 6 nitrogen and oxygen atoms in total. The summed E-state index contributed by atoms with van der Waals surface area (Å²) in [5, 5.41) is 0. The Morgan fingerprint density at radius 1 is 0.276 bits per heavy atom. The summed E-state index contributed by atoms with van der Waals surface area (Å²) in [6, 6.07) is 73.3. The Morgan fingerprint density at radius 2 is 0.534 bits per heavy atom. The van der Waals surface area contributed by atoms with E-state index in [1.807, 2.05) is 109 Å². The van der Waals surface area contributed by atoms with Gasteiger partial charge >= 0.3 is 351 Å². The number of nitrogens with one attached hydrogen (secondary N) is 4. The van der Waals surface area contributed by atoms with Gasteiger partial charge in [-0.15, -0.1) is 0 Å². The first kappa shape index (κ1) is 37.5. The van der Waals surface area contributed by atoms with Crippen LogP contribution in [0.3, 0.4) is 0 Å². The Labute approximate surface area is 348 Å². The number of hydrogen-bond donors (Lipinski definition) is 4. The van der Waals surface area contributed by atoms with Gasteiger partial charge in [-0.2, -0.15) is 0 Å². The van der Waals surface area contributed by atoms with Crippen LogP contribution in [0.25, 0.3) is 0 Å². The van der Waals surface area contributed by atoms with Crippen molar-refractivity contribution < 1.29 is 9.59 Å². The van der Waals surface area contributed by atoms with Crippen molar-refractivity contribution in [3.8, 4) is 0 Å². The third kappa shape index (κ3) is 7.29. The molecule has 1 aliphatic heterocycles. The third-order valence-electron chi connectivity index (χ3n) is 10.8. The van der Waals surface area contributed by atoms with E-state index < -0.39 is 37.8 Å². The minimum atomic E-state index is -4.41. The van der Waals surface area contributed by atoms with Crippen molar-refractivity contribution in [2.24, 2.45) is 0 Å². The van der Waals surface area contributed by atoms with Crippen LogP contribution in [0.15, 0.2) is 218 Å². The van der Waals surface area contributed by atoms with Crippen LogP contribution in [-0.2, 0) is 0 Å². The molecule has 1 heterocycles. The average molecular weight is 966 g/mol. The van der Waals surface area contributed by atoms with Crippen molar-refractivity contribution in [2.75, 3.05) is 14.2 Å². The second-order valence-corrected chi connectivity index (χ2v) is 32.4. The third-order valence-corrected chi connectivity index (χ3v) is 31.8. The second kappa shape index (κ2) is 16.4.